The van der Waals surface area contributed by atoms with Crippen molar-refractivity contribution in [1.29, 1.82) is 0 Å². The van der Waals surface area contributed by atoms with Crippen molar-refractivity contribution in [3.05, 3.63) is 0 Å². The maximum Gasteiger partial charge on any atom is 0.246 e. The first-order valence-electron chi connectivity index (χ1n) is 12.0. The highest BCUT2D eigenvalue weighted by Crippen LogP contribution is 1.85. The Labute approximate surface area is 204 Å². The van der Waals surface area contributed by atoms with E-state index in [1.807, 2.05) is 14.1 Å². The fourth-order valence-corrected chi connectivity index (χ4v) is 2.25. The lowest BCUT2D eigenvalue weighted by atomic mass is 10.6. The molecule has 0 unspecified atom stereocenters. The summed E-state index contributed by atoms with van der Waals surface area (Å²) in [6, 6.07) is 0. The van der Waals surface area contributed by atoms with Crippen molar-refractivity contribution in [2.75, 3.05) is 139 Å². The molecule has 0 atom stereocenters. The van der Waals surface area contributed by atoms with E-state index in [2.05, 4.69) is 16.0 Å². The number of ether oxygens (including phenoxy) is 8. The molecule has 0 radical (unpaired) electrons. The third-order valence-corrected chi connectivity index (χ3v) is 4.03. The van der Waals surface area contributed by atoms with Crippen LogP contribution in [-0.4, -0.2) is 145 Å². The Kier molecular flexibility index (Phi) is 29.3. The Balaban J connectivity index is 3.12. The summed E-state index contributed by atoms with van der Waals surface area (Å²) in [6.45, 7) is 9.85. The summed E-state index contributed by atoms with van der Waals surface area (Å²) in [6.07, 6.45) is 0. The normalized spacial score (nSPS) is 11.2. The molecule has 12 nitrogen and oxygen atoms in total. The average Bonchev–Trinajstić information content (AvgIpc) is 2.84. The second-order valence-electron chi connectivity index (χ2n) is 6.90. The molecule has 204 valence electrons. The van der Waals surface area contributed by atoms with Gasteiger partial charge in [0.2, 0.25) is 5.91 Å². The predicted octanol–water partition coefficient (Wildman–Crippen LogP) is -1.33. The molecule has 0 saturated carbocycles. The van der Waals surface area contributed by atoms with Crippen LogP contribution in [0.25, 0.3) is 0 Å². The maximum atomic E-state index is 11.6. The van der Waals surface area contributed by atoms with Gasteiger partial charge < -0.3 is 53.8 Å². The maximum absolute atomic E-state index is 11.6. The van der Waals surface area contributed by atoms with E-state index in [1.165, 1.54) is 0 Å². The number of carbonyl (C=O) groups excluding carboxylic acids is 1. The highest BCUT2D eigenvalue weighted by Gasteiger charge is 2.01. The molecule has 0 aliphatic carbocycles. The van der Waals surface area contributed by atoms with E-state index in [0.29, 0.717) is 106 Å². The largest absolute Gasteiger partial charge is 0.378 e. The zero-order valence-electron chi connectivity index (χ0n) is 21.1. The molecule has 0 aromatic heterocycles. The highest BCUT2D eigenvalue weighted by molar-refractivity contribution is 5.77. The van der Waals surface area contributed by atoms with E-state index in [1.54, 1.807) is 0 Å². The number of carbonyl (C=O) groups is 1. The SMILES string of the molecule is CNCCOCCOCCOCCOCCOCCNC(=O)COCCOCCOCCNC. The quantitative estimate of drug-likeness (QED) is 0.106. The summed E-state index contributed by atoms with van der Waals surface area (Å²) in [5, 5.41) is 8.73. The van der Waals surface area contributed by atoms with Gasteiger partial charge in [0.15, 0.2) is 0 Å². The zero-order chi connectivity index (χ0) is 24.8. The van der Waals surface area contributed by atoms with Crippen LogP contribution in [0, 0.1) is 0 Å². The third-order valence-electron chi connectivity index (χ3n) is 4.03. The minimum atomic E-state index is -0.183. The second kappa shape index (κ2) is 30.1. The van der Waals surface area contributed by atoms with Crippen LogP contribution in [0.5, 0.6) is 0 Å². The van der Waals surface area contributed by atoms with Crippen LogP contribution >= 0.6 is 0 Å². The lowest BCUT2D eigenvalue weighted by Crippen LogP contribution is -2.31. The Morgan fingerprint density at radius 2 is 0.735 bits per heavy atom. The van der Waals surface area contributed by atoms with E-state index >= 15 is 0 Å². The third kappa shape index (κ3) is 29.1. The van der Waals surface area contributed by atoms with Crippen molar-refractivity contribution >= 4 is 5.91 Å². The summed E-state index contributed by atoms with van der Waals surface area (Å²) < 4.78 is 42.9. The van der Waals surface area contributed by atoms with Crippen molar-refractivity contribution in [2.24, 2.45) is 0 Å². The summed E-state index contributed by atoms with van der Waals surface area (Å²) >= 11 is 0. The van der Waals surface area contributed by atoms with Gasteiger partial charge in [-0.3, -0.25) is 4.79 Å². The smallest absolute Gasteiger partial charge is 0.246 e. The Bertz CT molecular complexity index is 410. The van der Waals surface area contributed by atoms with Gasteiger partial charge >= 0.3 is 0 Å². The van der Waals surface area contributed by atoms with E-state index in [9.17, 15) is 4.79 Å². The van der Waals surface area contributed by atoms with Gasteiger partial charge in [0.1, 0.15) is 6.61 Å². The van der Waals surface area contributed by atoms with Gasteiger partial charge in [0.25, 0.3) is 0 Å². The Morgan fingerprint density at radius 1 is 0.441 bits per heavy atom. The van der Waals surface area contributed by atoms with Gasteiger partial charge in [0, 0.05) is 19.6 Å². The van der Waals surface area contributed by atoms with Gasteiger partial charge in [-0.1, -0.05) is 0 Å². The fraction of sp³-hybridized carbons (Fsp3) is 0.955. The number of amides is 1. The molecule has 0 heterocycles. The van der Waals surface area contributed by atoms with Crippen LogP contribution < -0.4 is 16.0 Å². The lowest BCUT2D eigenvalue weighted by molar-refractivity contribution is -0.126. The first-order valence-corrected chi connectivity index (χ1v) is 12.0. The van der Waals surface area contributed by atoms with Crippen LogP contribution in [0.4, 0.5) is 0 Å². The van der Waals surface area contributed by atoms with Crippen LogP contribution in [0.1, 0.15) is 0 Å². The van der Waals surface area contributed by atoms with Crippen molar-refractivity contribution in [1.82, 2.24) is 16.0 Å². The van der Waals surface area contributed by atoms with Crippen LogP contribution in [-0.2, 0) is 42.7 Å². The van der Waals surface area contributed by atoms with Crippen LogP contribution in [0.3, 0.4) is 0 Å². The molecular weight excluding hydrogens is 450 g/mol. The minimum Gasteiger partial charge on any atom is -0.378 e. The van der Waals surface area contributed by atoms with E-state index in [4.69, 9.17) is 37.9 Å². The lowest BCUT2D eigenvalue weighted by Gasteiger charge is -2.09. The van der Waals surface area contributed by atoms with Gasteiger partial charge in [-0.15, -0.1) is 0 Å². The predicted molar refractivity (Wildman–Crippen MR) is 127 cm³/mol. The molecule has 0 aliphatic rings. The minimum absolute atomic E-state index is 0.000626. The van der Waals surface area contributed by atoms with E-state index in [0.717, 1.165) is 13.1 Å². The average molecular weight is 498 g/mol. The topological polar surface area (TPSA) is 127 Å². The number of nitrogens with one attached hydrogen (secondary N) is 3. The number of hydrogen-bond donors (Lipinski definition) is 3. The number of hydrogen-bond acceptors (Lipinski definition) is 11. The number of likely N-dealkylation sites (N-methyl/N-ethyl adjacent to an activating group) is 2. The second-order valence-corrected chi connectivity index (χ2v) is 6.90. The standard InChI is InChI=1S/C22H47N3O9/c1-23-3-6-27-9-12-30-15-17-32-18-16-31-14-11-29-8-5-25-22(26)21-34-20-19-33-13-10-28-7-4-24-2/h23-24H,3-21H2,1-2H3,(H,25,26). The molecule has 12 heteroatoms. The molecular formula is C22H47N3O9. The van der Waals surface area contributed by atoms with Crippen molar-refractivity contribution in [3.8, 4) is 0 Å². The molecule has 0 aliphatic heterocycles. The molecule has 0 fully saturated rings. The van der Waals surface area contributed by atoms with Crippen LogP contribution in [0.15, 0.2) is 0 Å². The Hall–Kier alpha value is -0.930. The summed E-state index contributed by atoms with van der Waals surface area (Å²) in [7, 11) is 3.76. The molecule has 3 N–H and O–H groups in total. The van der Waals surface area contributed by atoms with Gasteiger partial charge in [-0.2, -0.15) is 0 Å². The highest BCUT2D eigenvalue weighted by atomic mass is 16.6. The number of rotatable bonds is 29. The van der Waals surface area contributed by atoms with Gasteiger partial charge in [0.05, 0.1) is 99.1 Å². The van der Waals surface area contributed by atoms with Gasteiger partial charge in [-0.05, 0) is 14.1 Å². The summed E-state index contributed by atoms with van der Waals surface area (Å²) in [5.41, 5.74) is 0. The molecule has 0 bridgehead atoms. The summed E-state index contributed by atoms with van der Waals surface area (Å²) in [5.74, 6) is -0.183. The summed E-state index contributed by atoms with van der Waals surface area (Å²) in [4.78, 5) is 11.6. The van der Waals surface area contributed by atoms with Crippen molar-refractivity contribution < 1.29 is 42.7 Å². The molecule has 1 amide bonds. The molecule has 0 saturated heterocycles. The Morgan fingerprint density at radius 3 is 1.09 bits per heavy atom. The van der Waals surface area contributed by atoms with E-state index in [-0.39, 0.29) is 12.5 Å². The first-order chi connectivity index (χ1) is 16.8. The van der Waals surface area contributed by atoms with Crippen LogP contribution in [0.2, 0.25) is 0 Å². The molecule has 0 rings (SSSR count). The van der Waals surface area contributed by atoms with Crippen molar-refractivity contribution in [2.45, 2.75) is 0 Å². The molecule has 0 aromatic carbocycles. The molecule has 0 aromatic rings. The monoisotopic (exact) mass is 497 g/mol. The molecule has 0 spiro atoms. The van der Waals surface area contributed by atoms with Crippen molar-refractivity contribution in [3.63, 3.8) is 0 Å². The van der Waals surface area contributed by atoms with Gasteiger partial charge in [-0.25, -0.2) is 0 Å². The van der Waals surface area contributed by atoms with E-state index < -0.39 is 0 Å². The molecule has 34 heavy (non-hydrogen) atoms. The zero-order valence-corrected chi connectivity index (χ0v) is 21.1. The first kappa shape index (κ1) is 33.1. The fourth-order valence-electron chi connectivity index (χ4n) is 2.25.